The van der Waals surface area contributed by atoms with Crippen LogP contribution in [0.25, 0.3) is 0 Å². The van der Waals surface area contributed by atoms with Crippen molar-refractivity contribution in [2.75, 3.05) is 6.61 Å². The molecule has 0 radical (unpaired) electrons. The maximum absolute atomic E-state index is 12.1. The Balaban J connectivity index is 2.27. The summed E-state index contributed by atoms with van der Waals surface area (Å²) in [6.45, 7) is 8.43. The summed E-state index contributed by atoms with van der Waals surface area (Å²) in [5.74, 6) is 0.410. The first-order valence-electron chi connectivity index (χ1n) is 7.59. The first-order chi connectivity index (χ1) is 10.9. The number of halogens is 1. The molecule has 0 spiro atoms. The van der Waals surface area contributed by atoms with Crippen molar-refractivity contribution in [2.45, 2.75) is 34.3 Å². The summed E-state index contributed by atoms with van der Waals surface area (Å²) >= 11 is 6.25. The Morgan fingerprint density at radius 1 is 1.09 bits per heavy atom. The second kappa shape index (κ2) is 7.51. The minimum Gasteiger partial charge on any atom is -0.489 e. The van der Waals surface area contributed by atoms with Gasteiger partial charge >= 0.3 is 5.97 Å². The van der Waals surface area contributed by atoms with Crippen molar-refractivity contribution in [1.29, 1.82) is 0 Å². The van der Waals surface area contributed by atoms with Crippen molar-refractivity contribution in [3.05, 3.63) is 63.2 Å². The molecular formula is C19H21ClO3. The Bertz CT molecular complexity index is 723. The van der Waals surface area contributed by atoms with E-state index < -0.39 is 0 Å². The van der Waals surface area contributed by atoms with Gasteiger partial charge in [0.05, 0.1) is 12.2 Å². The van der Waals surface area contributed by atoms with Gasteiger partial charge in [0.2, 0.25) is 0 Å². The third kappa shape index (κ3) is 4.05. The zero-order valence-corrected chi connectivity index (χ0v) is 14.7. The molecule has 0 N–H and O–H groups in total. The van der Waals surface area contributed by atoms with E-state index in [0.717, 1.165) is 16.9 Å². The van der Waals surface area contributed by atoms with E-state index in [1.807, 2.05) is 19.9 Å². The molecule has 0 amide bonds. The van der Waals surface area contributed by atoms with Gasteiger partial charge in [0.1, 0.15) is 12.4 Å². The van der Waals surface area contributed by atoms with E-state index >= 15 is 0 Å². The number of rotatable bonds is 5. The lowest BCUT2D eigenvalue weighted by Crippen LogP contribution is -2.10. The van der Waals surface area contributed by atoms with Crippen LogP contribution in [0.3, 0.4) is 0 Å². The highest BCUT2D eigenvalue weighted by Crippen LogP contribution is 2.26. The molecular weight excluding hydrogens is 312 g/mol. The quantitative estimate of drug-likeness (QED) is 0.721. The third-order valence-corrected chi connectivity index (χ3v) is 4.13. The average Bonchev–Trinajstić information content (AvgIpc) is 2.50. The largest absolute Gasteiger partial charge is 0.489 e. The van der Waals surface area contributed by atoms with Gasteiger partial charge in [0.15, 0.2) is 0 Å². The number of aryl methyl sites for hydroxylation is 3. The summed E-state index contributed by atoms with van der Waals surface area (Å²) < 4.78 is 11.0. The predicted octanol–water partition coefficient (Wildman–Crippen LogP) is 5.02. The number of carbonyl (C=O) groups is 1. The Morgan fingerprint density at radius 2 is 1.78 bits per heavy atom. The summed E-state index contributed by atoms with van der Waals surface area (Å²) in [5, 5.41) is 0.497. The van der Waals surface area contributed by atoms with Gasteiger partial charge in [-0.3, -0.25) is 0 Å². The van der Waals surface area contributed by atoms with E-state index in [-0.39, 0.29) is 12.6 Å². The van der Waals surface area contributed by atoms with Gasteiger partial charge in [-0.2, -0.15) is 0 Å². The smallest absolute Gasteiger partial charge is 0.338 e. The maximum Gasteiger partial charge on any atom is 0.338 e. The van der Waals surface area contributed by atoms with E-state index in [2.05, 4.69) is 13.0 Å². The molecule has 2 aromatic rings. The second-order valence-electron chi connectivity index (χ2n) is 5.48. The summed E-state index contributed by atoms with van der Waals surface area (Å²) in [7, 11) is 0. The monoisotopic (exact) mass is 332 g/mol. The number of hydrogen-bond acceptors (Lipinski definition) is 3. The Hall–Kier alpha value is -2.00. The van der Waals surface area contributed by atoms with E-state index in [0.29, 0.717) is 22.8 Å². The Labute approximate surface area is 142 Å². The maximum atomic E-state index is 12.1. The van der Waals surface area contributed by atoms with Crippen molar-refractivity contribution in [1.82, 2.24) is 0 Å². The second-order valence-corrected chi connectivity index (χ2v) is 5.88. The summed E-state index contributed by atoms with van der Waals surface area (Å²) in [5.41, 5.74) is 4.53. The van der Waals surface area contributed by atoms with E-state index in [4.69, 9.17) is 21.1 Å². The fourth-order valence-corrected chi connectivity index (χ4v) is 2.57. The molecule has 2 aromatic carbocycles. The lowest BCUT2D eigenvalue weighted by molar-refractivity contribution is 0.0523. The lowest BCUT2D eigenvalue weighted by atomic mass is 10.1. The highest BCUT2D eigenvalue weighted by atomic mass is 35.5. The minimum absolute atomic E-state index is 0.219. The fraction of sp³-hybridized carbons (Fsp3) is 0.316. The molecule has 0 bridgehead atoms. The van der Waals surface area contributed by atoms with Crippen molar-refractivity contribution in [3.8, 4) is 5.75 Å². The number of hydrogen-bond donors (Lipinski definition) is 0. The highest BCUT2D eigenvalue weighted by molar-refractivity contribution is 6.31. The zero-order valence-electron chi connectivity index (χ0n) is 13.9. The van der Waals surface area contributed by atoms with Gasteiger partial charge in [-0.25, -0.2) is 4.79 Å². The van der Waals surface area contributed by atoms with Crippen LogP contribution in [-0.4, -0.2) is 12.6 Å². The van der Waals surface area contributed by atoms with Crippen LogP contribution in [-0.2, 0) is 11.3 Å². The molecule has 0 fully saturated rings. The molecule has 122 valence electrons. The molecule has 0 saturated heterocycles. The van der Waals surface area contributed by atoms with Crippen molar-refractivity contribution in [2.24, 2.45) is 0 Å². The molecule has 2 rings (SSSR count). The van der Waals surface area contributed by atoms with Crippen LogP contribution >= 0.6 is 11.6 Å². The third-order valence-electron chi connectivity index (χ3n) is 3.78. The summed E-state index contributed by atoms with van der Waals surface area (Å²) in [6, 6.07) is 9.28. The van der Waals surface area contributed by atoms with Gasteiger partial charge < -0.3 is 9.47 Å². The highest BCUT2D eigenvalue weighted by Gasteiger charge is 2.16. The molecule has 0 heterocycles. The molecule has 0 atom stereocenters. The van der Waals surface area contributed by atoms with Crippen molar-refractivity contribution >= 4 is 17.6 Å². The minimum atomic E-state index is -0.384. The van der Waals surface area contributed by atoms with Crippen LogP contribution in [0, 0.1) is 20.8 Å². The number of carbonyl (C=O) groups excluding carboxylic acids is 1. The lowest BCUT2D eigenvalue weighted by Gasteiger charge is -2.15. The molecule has 23 heavy (non-hydrogen) atoms. The van der Waals surface area contributed by atoms with Crippen LogP contribution in [0.1, 0.15) is 39.5 Å². The molecule has 4 heteroatoms. The van der Waals surface area contributed by atoms with Gasteiger partial charge in [-0.05, 0) is 62.6 Å². The molecule has 0 saturated carbocycles. The molecule has 0 aliphatic heterocycles. The van der Waals surface area contributed by atoms with Crippen molar-refractivity contribution < 1.29 is 14.3 Å². The number of benzene rings is 2. The van der Waals surface area contributed by atoms with Gasteiger partial charge in [-0.1, -0.05) is 23.7 Å². The Kier molecular flexibility index (Phi) is 5.67. The predicted molar refractivity (Wildman–Crippen MR) is 92.4 cm³/mol. The molecule has 0 aromatic heterocycles. The number of esters is 1. The van der Waals surface area contributed by atoms with Gasteiger partial charge in [0, 0.05) is 10.6 Å². The summed E-state index contributed by atoms with van der Waals surface area (Å²) in [4.78, 5) is 12.1. The first-order valence-corrected chi connectivity index (χ1v) is 7.97. The zero-order chi connectivity index (χ0) is 17.0. The molecule has 3 nitrogen and oxygen atoms in total. The molecule has 0 unspecified atom stereocenters. The fourth-order valence-electron chi connectivity index (χ4n) is 2.34. The van der Waals surface area contributed by atoms with E-state index in [1.165, 1.54) is 5.56 Å². The topological polar surface area (TPSA) is 35.5 Å². The summed E-state index contributed by atoms with van der Waals surface area (Å²) in [6.07, 6.45) is 0. The standard InChI is InChI=1S/C19H21ClO3/c1-5-22-19(21)15-7-6-8-17(20)16(15)11-23-18-10-13(3)12(2)9-14(18)4/h6-10H,5,11H2,1-4H3. The molecule has 0 aliphatic carbocycles. The SMILES string of the molecule is CCOC(=O)c1cccc(Cl)c1COc1cc(C)c(C)cc1C. The Morgan fingerprint density at radius 3 is 2.48 bits per heavy atom. The first kappa shape index (κ1) is 17.4. The molecule has 0 aliphatic rings. The van der Waals surface area contributed by atoms with Crippen LogP contribution in [0.4, 0.5) is 0 Å². The number of ether oxygens (including phenoxy) is 2. The van der Waals surface area contributed by atoms with Crippen LogP contribution in [0.15, 0.2) is 30.3 Å². The van der Waals surface area contributed by atoms with Crippen LogP contribution in [0.5, 0.6) is 5.75 Å². The van der Waals surface area contributed by atoms with Gasteiger partial charge in [-0.15, -0.1) is 0 Å². The van der Waals surface area contributed by atoms with E-state index in [9.17, 15) is 4.79 Å². The van der Waals surface area contributed by atoms with Crippen molar-refractivity contribution in [3.63, 3.8) is 0 Å². The van der Waals surface area contributed by atoms with Gasteiger partial charge in [0.25, 0.3) is 0 Å². The average molecular weight is 333 g/mol. The van der Waals surface area contributed by atoms with Crippen LogP contribution in [0.2, 0.25) is 5.02 Å². The normalized spacial score (nSPS) is 10.5. The van der Waals surface area contributed by atoms with Crippen LogP contribution < -0.4 is 4.74 Å². The van der Waals surface area contributed by atoms with E-state index in [1.54, 1.807) is 25.1 Å².